The summed E-state index contributed by atoms with van der Waals surface area (Å²) in [5.41, 5.74) is 0. The zero-order chi connectivity index (χ0) is 12.6. The fourth-order valence-corrected chi connectivity index (χ4v) is 3.47. The van der Waals surface area contributed by atoms with Gasteiger partial charge in [-0.1, -0.05) is 39.0 Å². The van der Waals surface area contributed by atoms with Gasteiger partial charge in [0, 0.05) is 12.6 Å². The van der Waals surface area contributed by atoms with E-state index in [9.17, 15) is 0 Å². The Bertz CT molecular complexity index is 213. The summed E-state index contributed by atoms with van der Waals surface area (Å²) in [5, 5.41) is 3.71. The molecule has 0 aromatic rings. The van der Waals surface area contributed by atoms with Gasteiger partial charge in [0.2, 0.25) is 0 Å². The fraction of sp³-hybridized carbons (Fsp3) is 1.00. The van der Waals surface area contributed by atoms with Gasteiger partial charge in [-0.25, -0.2) is 0 Å². The van der Waals surface area contributed by atoms with Crippen molar-refractivity contribution in [2.45, 2.75) is 83.3 Å². The van der Waals surface area contributed by atoms with E-state index in [4.69, 9.17) is 4.74 Å². The Balaban J connectivity index is 1.76. The first-order valence-corrected chi connectivity index (χ1v) is 8.25. The predicted octanol–water partition coefficient (Wildman–Crippen LogP) is 3.89. The van der Waals surface area contributed by atoms with Crippen molar-refractivity contribution in [2.75, 3.05) is 13.2 Å². The molecule has 106 valence electrons. The van der Waals surface area contributed by atoms with Crippen LogP contribution in [0.1, 0.15) is 71.1 Å². The Labute approximate surface area is 113 Å². The van der Waals surface area contributed by atoms with Gasteiger partial charge in [-0.3, -0.25) is 0 Å². The van der Waals surface area contributed by atoms with E-state index in [2.05, 4.69) is 12.2 Å². The molecular formula is C16H31NO. The van der Waals surface area contributed by atoms with Crippen molar-refractivity contribution in [3.8, 4) is 0 Å². The van der Waals surface area contributed by atoms with Crippen LogP contribution in [0.5, 0.6) is 0 Å². The van der Waals surface area contributed by atoms with Gasteiger partial charge in [-0.15, -0.1) is 0 Å². The van der Waals surface area contributed by atoms with Crippen LogP contribution >= 0.6 is 0 Å². The van der Waals surface area contributed by atoms with E-state index in [0.717, 1.165) is 19.1 Å². The van der Waals surface area contributed by atoms with E-state index in [0.29, 0.717) is 12.1 Å². The number of hydrogen-bond acceptors (Lipinski definition) is 2. The molecule has 2 unspecified atom stereocenters. The molecule has 0 spiro atoms. The van der Waals surface area contributed by atoms with Crippen LogP contribution < -0.4 is 5.32 Å². The maximum Gasteiger partial charge on any atom is 0.0728 e. The zero-order valence-electron chi connectivity index (χ0n) is 12.1. The lowest BCUT2D eigenvalue weighted by Crippen LogP contribution is -2.41. The molecule has 2 rings (SSSR count). The highest BCUT2D eigenvalue weighted by Gasteiger charge is 2.25. The van der Waals surface area contributed by atoms with Gasteiger partial charge in [-0.2, -0.15) is 0 Å². The molecule has 0 aromatic carbocycles. The molecule has 2 aliphatic rings. The monoisotopic (exact) mass is 253 g/mol. The second-order valence-corrected chi connectivity index (χ2v) is 6.22. The fourth-order valence-electron chi connectivity index (χ4n) is 3.47. The molecule has 2 nitrogen and oxygen atoms in total. The first-order chi connectivity index (χ1) is 8.90. The van der Waals surface area contributed by atoms with Crippen LogP contribution in [0.2, 0.25) is 0 Å². The summed E-state index contributed by atoms with van der Waals surface area (Å²) in [4.78, 5) is 0. The second-order valence-electron chi connectivity index (χ2n) is 6.22. The highest BCUT2D eigenvalue weighted by atomic mass is 16.5. The summed E-state index contributed by atoms with van der Waals surface area (Å²) in [6.45, 7) is 4.42. The Kier molecular flexibility index (Phi) is 6.50. The van der Waals surface area contributed by atoms with Crippen LogP contribution in [0.15, 0.2) is 0 Å². The Hall–Kier alpha value is -0.0800. The zero-order valence-corrected chi connectivity index (χ0v) is 12.1. The molecule has 0 saturated heterocycles. The minimum atomic E-state index is 0.486. The van der Waals surface area contributed by atoms with E-state index < -0.39 is 0 Å². The first kappa shape index (κ1) is 14.3. The third-order valence-corrected chi connectivity index (χ3v) is 4.63. The molecule has 1 N–H and O–H groups in total. The second kappa shape index (κ2) is 8.16. The third kappa shape index (κ3) is 4.55. The number of ether oxygens (including phenoxy) is 1. The van der Waals surface area contributed by atoms with E-state index in [1.54, 1.807) is 0 Å². The molecule has 0 amide bonds. The Morgan fingerprint density at radius 2 is 1.67 bits per heavy atom. The first-order valence-electron chi connectivity index (χ1n) is 8.25. The predicted molar refractivity (Wildman–Crippen MR) is 76.9 cm³/mol. The maximum absolute atomic E-state index is 6.29. The summed E-state index contributed by atoms with van der Waals surface area (Å²) in [7, 11) is 0. The van der Waals surface area contributed by atoms with Gasteiger partial charge in [0.05, 0.1) is 6.10 Å². The van der Waals surface area contributed by atoms with Crippen LogP contribution in [-0.4, -0.2) is 25.3 Å². The van der Waals surface area contributed by atoms with Gasteiger partial charge < -0.3 is 10.1 Å². The molecule has 2 fully saturated rings. The van der Waals surface area contributed by atoms with Crippen molar-refractivity contribution in [1.29, 1.82) is 0 Å². The molecule has 0 heterocycles. The molecule has 18 heavy (non-hydrogen) atoms. The van der Waals surface area contributed by atoms with Crippen molar-refractivity contribution in [3.63, 3.8) is 0 Å². The smallest absolute Gasteiger partial charge is 0.0728 e. The highest BCUT2D eigenvalue weighted by molar-refractivity contribution is 4.81. The normalized spacial score (nSPS) is 30.5. The molecule has 2 atom stereocenters. The standard InChI is InChI=1S/C16H31NO/c1-2-12-17-15-10-4-3-5-11-16(15)18-13-14-8-6-7-9-14/h14-17H,2-13H2,1H3. The molecule has 0 radical (unpaired) electrons. The molecule has 0 bridgehead atoms. The van der Waals surface area contributed by atoms with Crippen LogP contribution in [-0.2, 0) is 4.74 Å². The van der Waals surface area contributed by atoms with Crippen molar-refractivity contribution < 1.29 is 4.74 Å². The Morgan fingerprint density at radius 3 is 2.44 bits per heavy atom. The van der Waals surface area contributed by atoms with Crippen molar-refractivity contribution in [3.05, 3.63) is 0 Å². The quantitative estimate of drug-likeness (QED) is 0.725. The van der Waals surface area contributed by atoms with Gasteiger partial charge >= 0.3 is 0 Å². The minimum absolute atomic E-state index is 0.486. The topological polar surface area (TPSA) is 21.3 Å². The largest absolute Gasteiger partial charge is 0.376 e. The summed E-state index contributed by atoms with van der Waals surface area (Å²) in [5.74, 6) is 0.861. The van der Waals surface area contributed by atoms with Crippen molar-refractivity contribution >= 4 is 0 Å². The molecule has 2 saturated carbocycles. The third-order valence-electron chi connectivity index (χ3n) is 4.63. The van der Waals surface area contributed by atoms with Gasteiger partial charge in [0.15, 0.2) is 0 Å². The SMILES string of the molecule is CCCNC1CCCCCC1OCC1CCCC1. The number of hydrogen-bond donors (Lipinski definition) is 1. The summed E-state index contributed by atoms with van der Waals surface area (Å²) >= 11 is 0. The molecule has 2 heteroatoms. The highest BCUT2D eigenvalue weighted by Crippen LogP contribution is 2.27. The molecule has 0 aromatic heterocycles. The molecular weight excluding hydrogens is 222 g/mol. The van der Waals surface area contributed by atoms with Gasteiger partial charge in [0.1, 0.15) is 0 Å². The molecule has 2 aliphatic carbocycles. The van der Waals surface area contributed by atoms with Crippen LogP contribution in [0.3, 0.4) is 0 Å². The summed E-state index contributed by atoms with van der Waals surface area (Å²) in [6, 6.07) is 0.619. The van der Waals surface area contributed by atoms with Crippen molar-refractivity contribution in [2.24, 2.45) is 5.92 Å². The lowest BCUT2D eigenvalue weighted by atomic mass is 10.0. The number of rotatable bonds is 6. The lowest BCUT2D eigenvalue weighted by Gasteiger charge is -2.27. The average Bonchev–Trinajstić information content (AvgIpc) is 2.80. The van der Waals surface area contributed by atoms with Gasteiger partial charge in [0.25, 0.3) is 0 Å². The van der Waals surface area contributed by atoms with E-state index in [1.165, 1.54) is 64.2 Å². The molecule has 0 aliphatic heterocycles. The van der Waals surface area contributed by atoms with E-state index in [-0.39, 0.29) is 0 Å². The number of nitrogens with one attached hydrogen (secondary N) is 1. The van der Waals surface area contributed by atoms with E-state index >= 15 is 0 Å². The maximum atomic E-state index is 6.29. The van der Waals surface area contributed by atoms with E-state index in [1.807, 2.05) is 0 Å². The average molecular weight is 253 g/mol. The summed E-state index contributed by atoms with van der Waals surface area (Å²) < 4.78 is 6.29. The van der Waals surface area contributed by atoms with Gasteiger partial charge in [-0.05, 0) is 44.6 Å². The van der Waals surface area contributed by atoms with Crippen LogP contribution in [0.25, 0.3) is 0 Å². The van der Waals surface area contributed by atoms with Crippen LogP contribution in [0.4, 0.5) is 0 Å². The lowest BCUT2D eigenvalue weighted by molar-refractivity contribution is 0.00336. The summed E-state index contributed by atoms with van der Waals surface area (Å²) in [6.07, 6.45) is 14.1. The van der Waals surface area contributed by atoms with Crippen molar-refractivity contribution in [1.82, 2.24) is 5.32 Å². The minimum Gasteiger partial charge on any atom is -0.376 e. The van der Waals surface area contributed by atoms with Crippen LogP contribution in [0, 0.1) is 5.92 Å². The Morgan fingerprint density at radius 1 is 0.944 bits per heavy atom.